The van der Waals surface area contributed by atoms with Gasteiger partial charge in [0.2, 0.25) is 26.6 Å². The first-order valence-corrected chi connectivity index (χ1v) is 11.3. The minimum atomic E-state index is -3.86. The van der Waals surface area contributed by atoms with E-state index in [4.69, 9.17) is 13.9 Å². The third-order valence-electron chi connectivity index (χ3n) is 5.11. The van der Waals surface area contributed by atoms with Gasteiger partial charge in [-0.2, -0.15) is 4.98 Å². The third kappa shape index (κ3) is 3.93. The van der Waals surface area contributed by atoms with E-state index in [1.165, 1.54) is 0 Å². The van der Waals surface area contributed by atoms with Crippen LogP contribution in [-0.2, 0) is 21.0 Å². The average molecular weight is 429 g/mol. The van der Waals surface area contributed by atoms with Gasteiger partial charge in [-0.1, -0.05) is 19.1 Å². The molecule has 0 amide bonds. The number of nitrogens with zero attached hydrogens (tertiary/aromatic N) is 2. The van der Waals surface area contributed by atoms with Gasteiger partial charge in [0.25, 0.3) is 0 Å². The predicted octanol–water partition coefficient (Wildman–Crippen LogP) is 3.58. The Balaban J connectivity index is 1.80. The van der Waals surface area contributed by atoms with E-state index in [1.807, 2.05) is 24.0 Å². The van der Waals surface area contributed by atoms with Crippen molar-refractivity contribution < 1.29 is 22.3 Å². The Bertz CT molecular complexity index is 1100. The van der Waals surface area contributed by atoms with Crippen molar-refractivity contribution in [2.24, 2.45) is 0 Å². The van der Waals surface area contributed by atoms with E-state index >= 15 is 0 Å². The number of hydrogen-bond donors (Lipinski definition) is 0. The average Bonchev–Trinajstić information content (AvgIpc) is 3.26. The number of oxazole rings is 1. The maximum atomic E-state index is 13.4. The second-order valence-corrected chi connectivity index (χ2v) is 8.82. The second-order valence-electron chi connectivity index (χ2n) is 6.96. The Hall–Kier alpha value is -2.84. The van der Waals surface area contributed by atoms with Gasteiger partial charge in [-0.15, -0.1) is 0 Å². The van der Waals surface area contributed by atoms with Crippen molar-refractivity contribution in [3.05, 3.63) is 54.1 Å². The van der Waals surface area contributed by atoms with E-state index in [0.717, 1.165) is 12.0 Å². The summed E-state index contributed by atoms with van der Waals surface area (Å²) in [4.78, 5) is 6.49. The lowest BCUT2D eigenvalue weighted by Gasteiger charge is -2.26. The lowest BCUT2D eigenvalue weighted by molar-refractivity contribution is 0.120. The van der Waals surface area contributed by atoms with Crippen LogP contribution in [0.4, 0.5) is 5.88 Å². The van der Waals surface area contributed by atoms with Crippen molar-refractivity contribution in [1.82, 2.24) is 4.98 Å². The highest BCUT2D eigenvalue weighted by Gasteiger charge is 2.32. The second kappa shape index (κ2) is 8.49. The number of aromatic nitrogens is 1. The summed E-state index contributed by atoms with van der Waals surface area (Å²) in [6.45, 7) is 4.11. The zero-order valence-electron chi connectivity index (χ0n) is 17.0. The van der Waals surface area contributed by atoms with E-state index < -0.39 is 9.84 Å². The number of hydrogen-bond acceptors (Lipinski definition) is 7. The van der Waals surface area contributed by atoms with Gasteiger partial charge in [-0.05, 0) is 48.4 Å². The molecular weight excluding hydrogens is 404 g/mol. The molecule has 0 bridgehead atoms. The minimum absolute atomic E-state index is 0.0699. The van der Waals surface area contributed by atoms with Gasteiger partial charge in [0.1, 0.15) is 5.75 Å². The van der Waals surface area contributed by atoms with Gasteiger partial charge < -0.3 is 18.8 Å². The summed E-state index contributed by atoms with van der Waals surface area (Å²) in [5.41, 5.74) is 1.74. The molecule has 8 heteroatoms. The molecule has 0 N–H and O–H groups in total. The van der Waals surface area contributed by atoms with Crippen LogP contribution in [0.15, 0.2) is 62.9 Å². The standard InChI is InChI=1S/C22H24N2O5S/c1-3-16-4-10-19(11-5-16)30(25,26)21-22(24-12-14-28-15-13-24)29-20(23-21)17-6-8-18(27-2)9-7-17/h4-11H,3,12-15H2,1-2H3. The highest BCUT2D eigenvalue weighted by Crippen LogP contribution is 2.35. The highest BCUT2D eigenvalue weighted by atomic mass is 32.2. The molecule has 0 aliphatic carbocycles. The summed E-state index contributed by atoms with van der Waals surface area (Å²) in [6.07, 6.45) is 0.838. The molecule has 3 aromatic rings. The number of aryl methyl sites for hydroxylation is 1. The van der Waals surface area contributed by atoms with Gasteiger partial charge in [0.15, 0.2) is 0 Å². The van der Waals surface area contributed by atoms with Crippen LogP contribution in [0.3, 0.4) is 0 Å². The number of rotatable bonds is 6. The summed E-state index contributed by atoms with van der Waals surface area (Å²) in [6, 6.07) is 14.0. The Morgan fingerprint density at radius 2 is 1.70 bits per heavy atom. The number of methoxy groups -OCH3 is 1. The Morgan fingerprint density at radius 3 is 2.30 bits per heavy atom. The number of sulfone groups is 1. The topological polar surface area (TPSA) is 81.9 Å². The molecule has 7 nitrogen and oxygen atoms in total. The summed E-state index contributed by atoms with van der Waals surface area (Å²) in [5, 5.41) is -0.0699. The molecule has 4 rings (SSSR count). The van der Waals surface area contributed by atoms with Gasteiger partial charge >= 0.3 is 0 Å². The van der Waals surface area contributed by atoms with Crippen molar-refractivity contribution in [3.63, 3.8) is 0 Å². The van der Waals surface area contributed by atoms with Crippen molar-refractivity contribution in [2.45, 2.75) is 23.3 Å². The van der Waals surface area contributed by atoms with Crippen LogP contribution < -0.4 is 9.64 Å². The SMILES string of the molecule is CCc1ccc(S(=O)(=O)c2nc(-c3ccc(OC)cc3)oc2N2CCOCC2)cc1. The van der Waals surface area contributed by atoms with E-state index in [-0.39, 0.29) is 21.7 Å². The fourth-order valence-electron chi connectivity index (χ4n) is 3.31. The van der Waals surface area contributed by atoms with E-state index in [2.05, 4.69) is 4.98 Å². The smallest absolute Gasteiger partial charge is 0.236 e. The molecule has 0 atom stereocenters. The molecule has 30 heavy (non-hydrogen) atoms. The first-order chi connectivity index (χ1) is 14.5. The fraction of sp³-hybridized carbons (Fsp3) is 0.318. The van der Waals surface area contributed by atoms with Crippen molar-refractivity contribution >= 4 is 15.7 Å². The van der Waals surface area contributed by atoms with Crippen LogP contribution in [0, 0.1) is 0 Å². The molecule has 1 saturated heterocycles. The lowest BCUT2D eigenvalue weighted by Crippen LogP contribution is -2.36. The molecule has 1 aliphatic heterocycles. The summed E-state index contributed by atoms with van der Waals surface area (Å²) in [7, 11) is -2.27. The molecule has 1 aliphatic rings. The minimum Gasteiger partial charge on any atom is -0.497 e. The van der Waals surface area contributed by atoms with Gasteiger partial charge in [-0.25, -0.2) is 8.42 Å². The van der Waals surface area contributed by atoms with Gasteiger partial charge in [0.05, 0.1) is 25.2 Å². The van der Waals surface area contributed by atoms with Crippen LogP contribution in [-0.4, -0.2) is 46.8 Å². The number of ether oxygens (including phenoxy) is 2. The van der Waals surface area contributed by atoms with Gasteiger partial charge in [-0.3, -0.25) is 0 Å². The molecule has 0 unspecified atom stereocenters. The zero-order chi connectivity index (χ0) is 21.1. The normalized spacial score (nSPS) is 14.7. The first kappa shape index (κ1) is 20.4. The molecule has 0 radical (unpaired) electrons. The molecule has 2 aromatic carbocycles. The first-order valence-electron chi connectivity index (χ1n) is 9.85. The van der Waals surface area contributed by atoms with Crippen LogP contribution in [0.1, 0.15) is 12.5 Å². The van der Waals surface area contributed by atoms with Crippen LogP contribution in [0.25, 0.3) is 11.5 Å². The molecule has 0 saturated carbocycles. The maximum absolute atomic E-state index is 13.4. The van der Waals surface area contributed by atoms with Gasteiger partial charge in [0, 0.05) is 18.7 Å². The molecule has 1 aromatic heterocycles. The van der Waals surface area contributed by atoms with Crippen molar-refractivity contribution in [1.29, 1.82) is 0 Å². The molecule has 1 fully saturated rings. The van der Waals surface area contributed by atoms with E-state index in [0.29, 0.717) is 37.6 Å². The monoisotopic (exact) mass is 428 g/mol. The summed E-state index contributed by atoms with van der Waals surface area (Å²) in [5.74, 6) is 1.20. The quantitative estimate of drug-likeness (QED) is 0.593. The molecule has 158 valence electrons. The summed E-state index contributed by atoms with van der Waals surface area (Å²) < 4.78 is 43.5. The Labute approximate surface area is 176 Å². The zero-order valence-corrected chi connectivity index (χ0v) is 17.8. The van der Waals surface area contributed by atoms with Crippen LogP contribution in [0.2, 0.25) is 0 Å². The van der Waals surface area contributed by atoms with Crippen LogP contribution in [0.5, 0.6) is 5.75 Å². The van der Waals surface area contributed by atoms with E-state index in [1.54, 1.807) is 43.5 Å². The van der Waals surface area contributed by atoms with Crippen molar-refractivity contribution in [2.75, 3.05) is 38.3 Å². The van der Waals surface area contributed by atoms with E-state index in [9.17, 15) is 8.42 Å². The van der Waals surface area contributed by atoms with Crippen LogP contribution >= 0.6 is 0 Å². The van der Waals surface area contributed by atoms with Crippen molar-refractivity contribution in [3.8, 4) is 17.2 Å². The molecular formula is C22H24N2O5S. The largest absolute Gasteiger partial charge is 0.497 e. The fourth-order valence-corrected chi connectivity index (χ4v) is 4.63. The highest BCUT2D eigenvalue weighted by molar-refractivity contribution is 7.91. The summed E-state index contributed by atoms with van der Waals surface area (Å²) >= 11 is 0. The number of morpholine rings is 1. The maximum Gasteiger partial charge on any atom is 0.236 e. The molecule has 0 spiro atoms. The number of anilines is 1. The number of benzene rings is 2. The predicted molar refractivity (Wildman–Crippen MR) is 113 cm³/mol. The Morgan fingerprint density at radius 1 is 1.03 bits per heavy atom. The molecule has 2 heterocycles. The third-order valence-corrected chi connectivity index (χ3v) is 6.78. The Kier molecular flexibility index (Phi) is 5.78. The lowest BCUT2D eigenvalue weighted by atomic mass is 10.2.